The first-order chi connectivity index (χ1) is 9.35. The molecular formula is C15H21NO4. The second kappa shape index (κ2) is 6.41. The maximum absolute atomic E-state index is 11.7. The summed E-state index contributed by atoms with van der Waals surface area (Å²) in [6.45, 7) is 5.09. The van der Waals surface area contributed by atoms with Gasteiger partial charge in [-0.25, -0.2) is 4.79 Å². The first kappa shape index (κ1) is 16.0. The molecule has 5 heteroatoms. The van der Waals surface area contributed by atoms with Crippen LogP contribution in [0.2, 0.25) is 0 Å². The van der Waals surface area contributed by atoms with Crippen LogP contribution in [0.15, 0.2) is 24.3 Å². The summed E-state index contributed by atoms with van der Waals surface area (Å²) in [5.41, 5.74) is -0.412. The second-order valence-corrected chi connectivity index (χ2v) is 4.87. The highest BCUT2D eigenvalue weighted by Crippen LogP contribution is 2.23. The molecule has 0 aliphatic rings. The number of benzene rings is 1. The molecule has 0 spiro atoms. The second-order valence-electron chi connectivity index (χ2n) is 4.87. The number of nitrogens with zero attached hydrogens (tertiary/aromatic N) is 1. The lowest BCUT2D eigenvalue weighted by molar-refractivity contribution is -0.157. The molecule has 0 aliphatic heterocycles. The van der Waals surface area contributed by atoms with Gasteiger partial charge in [0.25, 0.3) is 0 Å². The molecule has 0 bridgehead atoms. The zero-order chi connectivity index (χ0) is 15.3. The van der Waals surface area contributed by atoms with E-state index in [9.17, 15) is 14.7 Å². The highest BCUT2D eigenvalue weighted by molar-refractivity contribution is 5.86. The molecule has 5 nitrogen and oxygen atoms in total. The van der Waals surface area contributed by atoms with E-state index in [1.165, 1.54) is 11.8 Å². The van der Waals surface area contributed by atoms with Gasteiger partial charge in [-0.05, 0) is 31.5 Å². The number of carbonyl (C=O) groups excluding carboxylic acids is 1. The minimum absolute atomic E-state index is 0.245. The first-order valence-corrected chi connectivity index (χ1v) is 6.49. The van der Waals surface area contributed by atoms with Gasteiger partial charge >= 0.3 is 5.97 Å². The molecule has 0 aliphatic carbocycles. The lowest BCUT2D eigenvalue weighted by Gasteiger charge is -2.36. The Hall–Kier alpha value is -2.04. The predicted molar refractivity (Wildman–Crippen MR) is 75.8 cm³/mol. The van der Waals surface area contributed by atoms with Crippen LogP contribution in [0.3, 0.4) is 0 Å². The number of likely N-dealkylation sites (N-methyl/N-ethyl adjacent to an activating group) is 1. The van der Waals surface area contributed by atoms with Crippen LogP contribution in [0.1, 0.15) is 26.3 Å². The molecule has 0 heterocycles. The number of hydrogen-bond donors (Lipinski definition) is 1. The maximum atomic E-state index is 11.7. The number of hydrogen-bond acceptors (Lipinski definition) is 3. The molecule has 1 aromatic carbocycles. The third-order valence-corrected chi connectivity index (χ3v) is 3.46. The summed E-state index contributed by atoms with van der Waals surface area (Å²) >= 11 is 0. The van der Waals surface area contributed by atoms with Crippen molar-refractivity contribution in [3.05, 3.63) is 29.8 Å². The Morgan fingerprint density at radius 3 is 2.20 bits per heavy atom. The number of carboxylic acid groups (broad SMARTS) is 1. The number of methoxy groups -OCH3 is 1. The van der Waals surface area contributed by atoms with Crippen LogP contribution in [0.25, 0.3) is 0 Å². The van der Waals surface area contributed by atoms with E-state index in [0.717, 1.165) is 5.56 Å². The minimum Gasteiger partial charge on any atom is -0.497 e. The molecule has 0 saturated carbocycles. The average Bonchev–Trinajstić information content (AvgIpc) is 2.39. The molecule has 0 radical (unpaired) electrons. The predicted octanol–water partition coefficient (Wildman–Crippen LogP) is 1.95. The first-order valence-electron chi connectivity index (χ1n) is 6.49. The number of aliphatic carboxylic acids is 1. The Balaban J connectivity index is 3.07. The molecule has 1 N–H and O–H groups in total. The van der Waals surface area contributed by atoms with Crippen LogP contribution in [-0.2, 0) is 16.0 Å². The van der Waals surface area contributed by atoms with Crippen LogP contribution in [-0.4, -0.2) is 41.1 Å². The molecule has 1 amide bonds. The van der Waals surface area contributed by atoms with Crippen molar-refractivity contribution in [2.75, 3.05) is 13.7 Å². The normalized spacial score (nSPS) is 13.4. The topological polar surface area (TPSA) is 66.8 Å². The van der Waals surface area contributed by atoms with E-state index in [4.69, 9.17) is 4.74 Å². The van der Waals surface area contributed by atoms with E-state index in [1.807, 2.05) is 12.1 Å². The van der Waals surface area contributed by atoms with Crippen LogP contribution in [0, 0.1) is 0 Å². The highest BCUT2D eigenvalue weighted by atomic mass is 16.5. The van der Waals surface area contributed by atoms with Crippen LogP contribution < -0.4 is 4.74 Å². The SMILES string of the molecule is CCN(C(C)=O)C(C)(Cc1ccc(OC)cc1)C(=O)O. The van der Waals surface area contributed by atoms with E-state index >= 15 is 0 Å². The third kappa shape index (κ3) is 3.29. The largest absolute Gasteiger partial charge is 0.497 e. The van der Waals surface area contributed by atoms with Crippen molar-refractivity contribution in [2.45, 2.75) is 32.7 Å². The van der Waals surface area contributed by atoms with Crippen LogP contribution >= 0.6 is 0 Å². The van der Waals surface area contributed by atoms with Crippen molar-refractivity contribution in [3.8, 4) is 5.75 Å². The summed E-state index contributed by atoms with van der Waals surface area (Å²) in [5.74, 6) is -0.541. The summed E-state index contributed by atoms with van der Waals surface area (Å²) in [4.78, 5) is 24.7. The monoisotopic (exact) mass is 279 g/mol. The number of amides is 1. The fourth-order valence-corrected chi connectivity index (χ4v) is 2.35. The molecule has 0 saturated heterocycles. The van der Waals surface area contributed by atoms with Crippen molar-refractivity contribution < 1.29 is 19.4 Å². The lowest BCUT2D eigenvalue weighted by Crippen LogP contribution is -2.55. The molecular weight excluding hydrogens is 258 g/mol. The summed E-state index contributed by atoms with van der Waals surface area (Å²) in [5, 5.41) is 9.53. The van der Waals surface area contributed by atoms with E-state index in [1.54, 1.807) is 33.1 Å². The standard InChI is InChI=1S/C15H21NO4/c1-5-16(11(2)17)15(3,14(18)19)10-12-6-8-13(20-4)9-7-12/h6-9H,5,10H2,1-4H3,(H,18,19). The van der Waals surface area contributed by atoms with Gasteiger partial charge in [-0.1, -0.05) is 12.1 Å². The van der Waals surface area contributed by atoms with Crippen molar-refractivity contribution in [3.63, 3.8) is 0 Å². The number of carbonyl (C=O) groups is 2. The maximum Gasteiger partial charge on any atom is 0.329 e. The summed E-state index contributed by atoms with van der Waals surface area (Å²) in [7, 11) is 1.57. The fraction of sp³-hybridized carbons (Fsp3) is 0.467. The summed E-state index contributed by atoms with van der Waals surface area (Å²) in [6, 6.07) is 7.19. The lowest BCUT2D eigenvalue weighted by atomic mass is 9.90. The minimum atomic E-state index is -1.25. The van der Waals surface area contributed by atoms with E-state index in [0.29, 0.717) is 12.3 Å². The van der Waals surface area contributed by atoms with E-state index < -0.39 is 11.5 Å². The van der Waals surface area contributed by atoms with Gasteiger partial charge in [0.2, 0.25) is 5.91 Å². The van der Waals surface area contributed by atoms with Crippen molar-refractivity contribution in [1.29, 1.82) is 0 Å². The number of carboxylic acids is 1. The Bertz CT molecular complexity index is 483. The van der Waals surface area contributed by atoms with Gasteiger partial charge in [-0.3, -0.25) is 4.79 Å². The van der Waals surface area contributed by atoms with Gasteiger partial charge in [0, 0.05) is 19.9 Å². The Labute approximate surface area is 119 Å². The van der Waals surface area contributed by atoms with Crippen LogP contribution in [0.5, 0.6) is 5.75 Å². The van der Waals surface area contributed by atoms with Gasteiger partial charge in [0.05, 0.1) is 7.11 Å². The zero-order valence-corrected chi connectivity index (χ0v) is 12.3. The van der Waals surface area contributed by atoms with Crippen molar-refractivity contribution in [2.24, 2.45) is 0 Å². The van der Waals surface area contributed by atoms with Gasteiger partial charge in [0.1, 0.15) is 11.3 Å². The average molecular weight is 279 g/mol. The molecule has 0 aromatic heterocycles. The number of ether oxygens (including phenoxy) is 1. The molecule has 0 fully saturated rings. The Morgan fingerprint density at radius 1 is 1.30 bits per heavy atom. The quantitative estimate of drug-likeness (QED) is 0.864. The molecule has 20 heavy (non-hydrogen) atoms. The van der Waals surface area contributed by atoms with Gasteiger partial charge in [-0.15, -0.1) is 0 Å². The van der Waals surface area contributed by atoms with Crippen molar-refractivity contribution >= 4 is 11.9 Å². The van der Waals surface area contributed by atoms with E-state index in [2.05, 4.69) is 0 Å². The van der Waals surface area contributed by atoms with Crippen LogP contribution in [0.4, 0.5) is 0 Å². The van der Waals surface area contributed by atoms with Gasteiger partial charge in [-0.2, -0.15) is 0 Å². The highest BCUT2D eigenvalue weighted by Gasteiger charge is 2.40. The fourth-order valence-electron chi connectivity index (χ4n) is 2.35. The van der Waals surface area contributed by atoms with Gasteiger partial charge in [0.15, 0.2) is 0 Å². The molecule has 1 aromatic rings. The molecule has 1 rings (SSSR count). The van der Waals surface area contributed by atoms with Crippen molar-refractivity contribution in [1.82, 2.24) is 4.90 Å². The zero-order valence-electron chi connectivity index (χ0n) is 12.3. The Kier molecular flexibility index (Phi) is 5.13. The third-order valence-electron chi connectivity index (χ3n) is 3.46. The van der Waals surface area contributed by atoms with Gasteiger partial charge < -0.3 is 14.7 Å². The number of rotatable bonds is 6. The smallest absolute Gasteiger partial charge is 0.329 e. The van der Waals surface area contributed by atoms with E-state index in [-0.39, 0.29) is 12.3 Å². The molecule has 110 valence electrons. The molecule has 1 atom stereocenters. The summed E-state index contributed by atoms with van der Waals surface area (Å²) in [6.07, 6.45) is 0.250. The molecule has 1 unspecified atom stereocenters. The summed E-state index contributed by atoms with van der Waals surface area (Å²) < 4.78 is 5.07. The Morgan fingerprint density at radius 2 is 1.85 bits per heavy atom.